The van der Waals surface area contributed by atoms with Crippen LogP contribution in [0.15, 0.2) is 12.3 Å². The third kappa shape index (κ3) is 2.56. The molecular weight excluding hydrogens is 240 g/mol. The molecule has 0 spiro atoms. The number of amides is 1. The van der Waals surface area contributed by atoms with Crippen molar-refractivity contribution in [3.8, 4) is 0 Å². The fourth-order valence-corrected chi connectivity index (χ4v) is 2.65. The Labute approximate surface area is 114 Å². The zero-order valence-corrected chi connectivity index (χ0v) is 11.9. The molecule has 1 aromatic rings. The van der Waals surface area contributed by atoms with Gasteiger partial charge in [-0.05, 0) is 31.4 Å². The Bertz CT molecular complexity index is 473. The minimum absolute atomic E-state index is 0.102. The van der Waals surface area contributed by atoms with Gasteiger partial charge in [-0.15, -0.1) is 0 Å². The lowest BCUT2D eigenvalue weighted by Crippen LogP contribution is -2.43. The lowest BCUT2D eigenvalue weighted by Gasteiger charge is -2.29. The van der Waals surface area contributed by atoms with Crippen molar-refractivity contribution in [2.24, 2.45) is 5.73 Å². The molecule has 0 aliphatic carbocycles. The summed E-state index contributed by atoms with van der Waals surface area (Å²) in [4.78, 5) is 20.5. The molecule has 19 heavy (non-hydrogen) atoms. The SMILES string of the molecule is Cc1ccnc(N2CCCC2C(=O)N(C)C)c1CN. The molecule has 1 saturated heterocycles. The largest absolute Gasteiger partial charge is 0.347 e. The monoisotopic (exact) mass is 262 g/mol. The van der Waals surface area contributed by atoms with E-state index in [-0.39, 0.29) is 11.9 Å². The van der Waals surface area contributed by atoms with Crippen molar-refractivity contribution >= 4 is 11.7 Å². The molecule has 5 heteroatoms. The number of hydrogen-bond donors (Lipinski definition) is 1. The van der Waals surface area contributed by atoms with Gasteiger partial charge in [-0.25, -0.2) is 4.98 Å². The molecule has 0 aromatic carbocycles. The molecule has 1 fully saturated rings. The van der Waals surface area contributed by atoms with Crippen molar-refractivity contribution in [2.45, 2.75) is 32.4 Å². The van der Waals surface area contributed by atoms with Crippen LogP contribution in [-0.4, -0.2) is 42.5 Å². The number of carbonyl (C=O) groups excluding carboxylic acids is 1. The molecule has 0 saturated carbocycles. The lowest BCUT2D eigenvalue weighted by atomic mass is 10.1. The van der Waals surface area contributed by atoms with Gasteiger partial charge >= 0.3 is 0 Å². The molecule has 0 radical (unpaired) electrons. The topological polar surface area (TPSA) is 62.5 Å². The number of aryl methyl sites for hydroxylation is 1. The number of pyridine rings is 1. The van der Waals surface area contributed by atoms with E-state index in [0.29, 0.717) is 6.54 Å². The highest BCUT2D eigenvalue weighted by Crippen LogP contribution is 2.28. The van der Waals surface area contributed by atoms with E-state index >= 15 is 0 Å². The van der Waals surface area contributed by atoms with E-state index in [2.05, 4.69) is 9.88 Å². The number of hydrogen-bond acceptors (Lipinski definition) is 4. The average molecular weight is 262 g/mol. The van der Waals surface area contributed by atoms with Gasteiger partial charge in [0.1, 0.15) is 11.9 Å². The quantitative estimate of drug-likeness (QED) is 0.879. The summed E-state index contributed by atoms with van der Waals surface area (Å²) in [5.74, 6) is 1.02. The summed E-state index contributed by atoms with van der Waals surface area (Å²) >= 11 is 0. The fourth-order valence-electron chi connectivity index (χ4n) is 2.65. The van der Waals surface area contributed by atoms with E-state index in [9.17, 15) is 4.79 Å². The van der Waals surface area contributed by atoms with E-state index in [1.54, 1.807) is 25.2 Å². The Kier molecular flexibility index (Phi) is 4.04. The van der Waals surface area contributed by atoms with Gasteiger partial charge in [0.15, 0.2) is 0 Å². The van der Waals surface area contributed by atoms with E-state index in [1.807, 2.05) is 13.0 Å². The summed E-state index contributed by atoms with van der Waals surface area (Å²) in [6.07, 6.45) is 3.69. The summed E-state index contributed by atoms with van der Waals surface area (Å²) < 4.78 is 0. The Morgan fingerprint density at radius 1 is 1.58 bits per heavy atom. The minimum atomic E-state index is -0.102. The second kappa shape index (κ2) is 5.57. The van der Waals surface area contributed by atoms with Crippen molar-refractivity contribution in [2.75, 3.05) is 25.5 Å². The molecule has 1 amide bonds. The number of carbonyl (C=O) groups is 1. The van der Waals surface area contributed by atoms with Crippen LogP contribution in [0.4, 0.5) is 5.82 Å². The molecule has 2 N–H and O–H groups in total. The van der Waals surface area contributed by atoms with Gasteiger partial charge in [-0.1, -0.05) is 0 Å². The molecule has 1 aromatic heterocycles. The standard InChI is InChI=1S/C14H22N4O/c1-10-6-7-16-13(11(10)9-15)18-8-4-5-12(18)14(19)17(2)3/h6-7,12H,4-5,8-9,15H2,1-3H3. The summed E-state index contributed by atoms with van der Waals surface area (Å²) in [6.45, 7) is 3.36. The normalized spacial score (nSPS) is 18.7. The van der Waals surface area contributed by atoms with Crippen LogP contribution in [-0.2, 0) is 11.3 Å². The molecule has 2 rings (SSSR count). The second-order valence-electron chi connectivity index (χ2n) is 5.22. The highest BCUT2D eigenvalue weighted by atomic mass is 16.2. The zero-order chi connectivity index (χ0) is 14.0. The van der Waals surface area contributed by atoms with Gasteiger partial charge in [-0.3, -0.25) is 4.79 Å². The van der Waals surface area contributed by atoms with E-state index in [1.165, 1.54) is 0 Å². The Hall–Kier alpha value is -1.62. The number of rotatable bonds is 3. The third-order valence-electron chi connectivity index (χ3n) is 3.72. The average Bonchev–Trinajstić information content (AvgIpc) is 2.86. The Morgan fingerprint density at radius 2 is 2.32 bits per heavy atom. The minimum Gasteiger partial charge on any atom is -0.347 e. The highest BCUT2D eigenvalue weighted by Gasteiger charge is 2.33. The zero-order valence-electron chi connectivity index (χ0n) is 11.9. The summed E-state index contributed by atoms with van der Waals surface area (Å²) in [5.41, 5.74) is 8.02. The maximum absolute atomic E-state index is 12.2. The molecule has 104 valence electrons. The van der Waals surface area contributed by atoms with Crippen LogP contribution in [0.5, 0.6) is 0 Å². The first-order chi connectivity index (χ1) is 9.06. The first-order valence-corrected chi connectivity index (χ1v) is 6.68. The van der Waals surface area contributed by atoms with Crippen LogP contribution in [0.1, 0.15) is 24.0 Å². The van der Waals surface area contributed by atoms with Crippen LogP contribution in [0, 0.1) is 6.92 Å². The van der Waals surface area contributed by atoms with E-state index < -0.39 is 0 Å². The smallest absolute Gasteiger partial charge is 0.244 e. The van der Waals surface area contributed by atoms with Crippen molar-refractivity contribution in [1.82, 2.24) is 9.88 Å². The molecule has 1 unspecified atom stereocenters. The molecule has 1 aliphatic heterocycles. The first kappa shape index (κ1) is 13.8. The third-order valence-corrected chi connectivity index (χ3v) is 3.72. The first-order valence-electron chi connectivity index (χ1n) is 6.68. The van der Waals surface area contributed by atoms with E-state index in [0.717, 1.165) is 36.3 Å². The van der Waals surface area contributed by atoms with Gasteiger partial charge < -0.3 is 15.5 Å². The Morgan fingerprint density at radius 3 is 2.95 bits per heavy atom. The van der Waals surface area contributed by atoms with Crippen LogP contribution >= 0.6 is 0 Å². The second-order valence-corrected chi connectivity index (χ2v) is 5.22. The summed E-state index contributed by atoms with van der Waals surface area (Å²) in [7, 11) is 3.60. The summed E-state index contributed by atoms with van der Waals surface area (Å²) in [5, 5.41) is 0. The van der Waals surface area contributed by atoms with Crippen molar-refractivity contribution < 1.29 is 4.79 Å². The van der Waals surface area contributed by atoms with Gasteiger partial charge in [0.25, 0.3) is 0 Å². The lowest BCUT2D eigenvalue weighted by molar-refractivity contribution is -0.129. The predicted octanol–water partition coefficient (Wildman–Crippen LogP) is 0.906. The van der Waals surface area contributed by atoms with E-state index in [4.69, 9.17) is 5.73 Å². The molecule has 2 heterocycles. The summed E-state index contributed by atoms with van der Waals surface area (Å²) in [6, 6.07) is 1.86. The maximum atomic E-state index is 12.2. The van der Waals surface area contributed by atoms with Crippen molar-refractivity contribution in [3.63, 3.8) is 0 Å². The molecule has 5 nitrogen and oxygen atoms in total. The van der Waals surface area contributed by atoms with Crippen LogP contribution in [0.2, 0.25) is 0 Å². The maximum Gasteiger partial charge on any atom is 0.244 e. The Balaban J connectivity index is 2.35. The van der Waals surface area contributed by atoms with Crippen molar-refractivity contribution in [1.29, 1.82) is 0 Å². The molecule has 0 bridgehead atoms. The van der Waals surface area contributed by atoms with Gasteiger partial charge in [0, 0.05) is 38.9 Å². The van der Waals surface area contributed by atoms with Gasteiger partial charge in [-0.2, -0.15) is 0 Å². The highest BCUT2D eigenvalue weighted by molar-refractivity contribution is 5.85. The van der Waals surface area contributed by atoms with Crippen LogP contribution in [0.3, 0.4) is 0 Å². The number of nitrogens with zero attached hydrogens (tertiary/aromatic N) is 3. The predicted molar refractivity (Wildman–Crippen MR) is 75.9 cm³/mol. The van der Waals surface area contributed by atoms with Gasteiger partial charge in [0.2, 0.25) is 5.91 Å². The molecule has 1 aliphatic rings. The fraction of sp³-hybridized carbons (Fsp3) is 0.571. The number of nitrogens with two attached hydrogens (primary N) is 1. The van der Waals surface area contributed by atoms with Crippen LogP contribution < -0.4 is 10.6 Å². The number of anilines is 1. The molecule has 1 atom stereocenters. The van der Waals surface area contributed by atoms with Crippen LogP contribution in [0.25, 0.3) is 0 Å². The number of likely N-dealkylation sites (N-methyl/N-ethyl adjacent to an activating group) is 1. The van der Waals surface area contributed by atoms with Crippen molar-refractivity contribution in [3.05, 3.63) is 23.4 Å². The van der Waals surface area contributed by atoms with Gasteiger partial charge in [0.05, 0.1) is 0 Å². The molecular formula is C14H22N4O. The number of aromatic nitrogens is 1.